The van der Waals surface area contributed by atoms with Crippen molar-refractivity contribution in [2.75, 3.05) is 20.1 Å². The van der Waals surface area contributed by atoms with E-state index < -0.39 is 0 Å². The normalized spacial score (nSPS) is 32.4. The molecule has 0 spiro atoms. The zero-order chi connectivity index (χ0) is 22.4. The number of rotatable bonds is 12. The molecule has 28 heavy (non-hydrogen) atoms. The number of nitrogens with zero attached hydrogens (tertiary/aromatic N) is 2. The Hall–Kier alpha value is -0.0800. The number of hydrogen-bond donors (Lipinski definition) is 0. The van der Waals surface area contributed by atoms with E-state index in [1.165, 1.54) is 64.2 Å². The summed E-state index contributed by atoms with van der Waals surface area (Å²) in [6.45, 7) is 11.2. The Kier molecular flexibility index (Phi) is 8.58. The van der Waals surface area contributed by atoms with E-state index in [-0.39, 0.29) is 24.1 Å². The van der Waals surface area contributed by atoms with E-state index in [1.807, 2.05) is 0 Å². The minimum Gasteiger partial charge on any atom is -0.300 e. The summed E-state index contributed by atoms with van der Waals surface area (Å²) in [7, 11) is 2.24. The van der Waals surface area contributed by atoms with Gasteiger partial charge in [-0.25, -0.2) is 0 Å². The number of unbranched alkanes of at least 4 members (excludes halogenated alkanes) is 9. The molecule has 166 valence electrons. The first-order chi connectivity index (χ1) is 14.1. The Morgan fingerprint density at radius 2 is 1.32 bits per heavy atom. The van der Waals surface area contributed by atoms with Gasteiger partial charge in [0.2, 0.25) is 0 Å². The number of hydrogen-bond acceptors (Lipinski definition) is 2. The first-order valence-electron chi connectivity index (χ1n) is 13.6. The molecule has 0 aliphatic carbocycles. The van der Waals surface area contributed by atoms with Crippen LogP contribution >= 0.6 is 0 Å². The maximum atomic E-state index is 8.94. The maximum Gasteiger partial charge on any atom is 0.0434 e. The summed E-state index contributed by atoms with van der Waals surface area (Å²) in [5, 5.41) is 0. The van der Waals surface area contributed by atoms with Gasteiger partial charge in [0.25, 0.3) is 0 Å². The Balaban J connectivity index is 1.72. The monoisotopic (exact) mass is 394 g/mol. The summed E-state index contributed by atoms with van der Waals surface area (Å²) in [6, 6.07) is 0.369. The van der Waals surface area contributed by atoms with Gasteiger partial charge in [-0.05, 0) is 72.9 Å². The van der Waals surface area contributed by atoms with Gasteiger partial charge in [-0.15, -0.1) is 0 Å². The highest BCUT2D eigenvalue weighted by molar-refractivity contribution is 5.02. The van der Waals surface area contributed by atoms with Crippen LogP contribution in [0.25, 0.3) is 0 Å². The smallest absolute Gasteiger partial charge is 0.0434 e. The van der Waals surface area contributed by atoms with E-state index in [0.717, 1.165) is 25.7 Å². The van der Waals surface area contributed by atoms with Crippen LogP contribution in [0.5, 0.6) is 0 Å². The third-order valence-corrected chi connectivity index (χ3v) is 7.64. The van der Waals surface area contributed by atoms with Gasteiger partial charge in [0, 0.05) is 26.4 Å². The summed E-state index contributed by atoms with van der Waals surface area (Å²) < 4.78 is 17.7. The van der Waals surface area contributed by atoms with Gasteiger partial charge in [-0.1, -0.05) is 71.1 Å². The SMILES string of the molecule is [2H]C1CC(CCCCCCCCCCCC)C([2H])N1C1CC(C)(C)N(C)C(C)(C)C1. The molecule has 2 aliphatic heterocycles. The average Bonchev–Trinajstić information content (AvgIpc) is 2.94. The highest BCUT2D eigenvalue weighted by Crippen LogP contribution is 2.40. The molecule has 2 heterocycles. The van der Waals surface area contributed by atoms with Crippen LogP contribution in [0.1, 0.15) is 127 Å². The van der Waals surface area contributed by atoms with Gasteiger partial charge < -0.3 is 0 Å². The van der Waals surface area contributed by atoms with Crippen molar-refractivity contribution in [1.82, 2.24) is 9.80 Å². The van der Waals surface area contributed by atoms with Gasteiger partial charge in [0.1, 0.15) is 0 Å². The van der Waals surface area contributed by atoms with Gasteiger partial charge in [0.05, 0.1) is 0 Å². The maximum absolute atomic E-state index is 8.94. The molecule has 0 radical (unpaired) electrons. The minimum absolute atomic E-state index is 0.125. The van der Waals surface area contributed by atoms with Crippen molar-refractivity contribution in [2.24, 2.45) is 5.92 Å². The van der Waals surface area contributed by atoms with Crippen LogP contribution in [0.4, 0.5) is 0 Å². The van der Waals surface area contributed by atoms with E-state index >= 15 is 0 Å². The summed E-state index contributed by atoms with van der Waals surface area (Å²) >= 11 is 0. The fraction of sp³-hybridized carbons (Fsp3) is 1.00. The number of likely N-dealkylation sites (tertiary alicyclic amines) is 2. The molecule has 0 aromatic rings. The van der Waals surface area contributed by atoms with Crippen molar-refractivity contribution in [1.29, 1.82) is 0 Å². The molecule has 2 fully saturated rings. The van der Waals surface area contributed by atoms with Gasteiger partial charge in [0.15, 0.2) is 0 Å². The van der Waals surface area contributed by atoms with Crippen molar-refractivity contribution in [3.05, 3.63) is 0 Å². The van der Waals surface area contributed by atoms with E-state index in [2.05, 4.69) is 51.5 Å². The zero-order valence-electron chi connectivity index (χ0n) is 22.1. The van der Waals surface area contributed by atoms with Crippen LogP contribution < -0.4 is 0 Å². The molecule has 2 saturated heterocycles. The molecule has 0 amide bonds. The zero-order valence-corrected chi connectivity index (χ0v) is 20.1. The predicted octanol–water partition coefficient (Wildman–Crippen LogP) is 7.27. The van der Waals surface area contributed by atoms with Crippen molar-refractivity contribution in [3.8, 4) is 0 Å². The average molecular weight is 395 g/mol. The first-order valence-corrected chi connectivity index (χ1v) is 12.5. The van der Waals surface area contributed by atoms with E-state index in [0.29, 0.717) is 12.0 Å². The molecule has 0 aromatic heterocycles. The van der Waals surface area contributed by atoms with Crippen LogP contribution in [-0.2, 0) is 0 Å². The Morgan fingerprint density at radius 1 is 0.821 bits per heavy atom. The molecule has 0 saturated carbocycles. The quantitative estimate of drug-likeness (QED) is 0.321. The molecule has 2 nitrogen and oxygen atoms in total. The predicted molar refractivity (Wildman–Crippen MR) is 125 cm³/mol. The lowest BCUT2D eigenvalue weighted by molar-refractivity contribution is -0.0436. The Bertz CT molecular complexity index is 475. The second kappa shape index (κ2) is 11.3. The second-order valence-electron chi connectivity index (χ2n) is 11.0. The summed E-state index contributed by atoms with van der Waals surface area (Å²) in [5.41, 5.74) is 0.251. The topological polar surface area (TPSA) is 6.48 Å². The third kappa shape index (κ3) is 7.31. The molecule has 2 heteroatoms. The van der Waals surface area contributed by atoms with Gasteiger partial charge in [-0.2, -0.15) is 0 Å². The first kappa shape index (κ1) is 21.2. The second-order valence-corrected chi connectivity index (χ2v) is 11.0. The molecule has 2 aliphatic rings. The lowest BCUT2D eigenvalue weighted by Crippen LogP contribution is -2.62. The van der Waals surface area contributed by atoms with Crippen LogP contribution in [0.3, 0.4) is 0 Å². The lowest BCUT2D eigenvalue weighted by atomic mass is 9.77. The standard InChI is InChI=1S/C26H52N2/c1-7-8-9-10-11-12-13-14-15-16-17-23-18-19-28(22-23)24-20-25(2,3)27(6)26(4,5)21-24/h23-24H,7-22H2,1-6H3/i19D,22D. The molecule has 0 bridgehead atoms. The van der Waals surface area contributed by atoms with Crippen LogP contribution in [0, 0.1) is 5.92 Å². The van der Waals surface area contributed by atoms with Gasteiger partial charge in [-0.3, -0.25) is 9.80 Å². The van der Waals surface area contributed by atoms with E-state index in [9.17, 15) is 0 Å². The number of piperidine rings is 1. The highest BCUT2D eigenvalue weighted by Gasteiger charge is 2.45. The molecule has 0 N–H and O–H groups in total. The van der Waals surface area contributed by atoms with E-state index in [1.54, 1.807) is 0 Å². The largest absolute Gasteiger partial charge is 0.300 e. The van der Waals surface area contributed by atoms with Gasteiger partial charge >= 0.3 is 0 Å². The van der Waals surface area contributed by atoms with E-state index in [4.69, 9.17) is 2.74 Å². The molecule has 3 unspecified atom stereocenters. The molecule has 0 aromatic carbocycles. The van der Waals surface area contributed by atoms with Crippen molar-refractivity contribution < 1.29 is 2.74 Å². The fourth-order valence-corrected chi connectivity index (χ4v) is 5.51. The Labute approximate surface area is 180 Å². The summed E-state index contributed by atoms with van der Waals surface area (Å²) in [6.07, 6.45) is 17.9. The lowest BCUT2D eigenvalue weighted by Gasteiger charge is -2.55. The summed E-state index contributed by atoms with van der Waals surface area (Å²) in [5.74, 6) is 0.396. The summed E-state index contributed by atoms with van der Waals surface area (Å²) in [4.78, 5) is 4.78. The van der Waals surface area contributed by atoms with Crippen molar-refractivity contribution >= 4 is 0 Å². The van der Waals surface area contributed by atoms with Crippen LogP contribution in [0.2, 0.25) is 0 Å². The van der Waals surface area contributed by atoms with Crippen molar-refractivity contribution in [2.45, 2.75) is 142 Å². The fourth-order valence-electron chi connectivity index (χ4n) is 5.51. The molecule has 3 atom stereocenters. The minimum atomic E-state index is -0.180. The third-order valence-electron chi connectivity index (χ3n) is 7.64. The van der Waals surface area contributed by atoms with Crippen LogP contribution in [0.15, 0.2) is 0 Å². The van der Waals surface area contributed by atoms with Crippen LogP contribution in [-0.4, -0.2) is 47.0 Å². The molecular weight excluding hydrogens is 340 g/mol. The van der Waals surface area contributed by atoms with Crippen molar-refractivity contribution in [3.63, 3.8) is 0 Å². The Morgan fingerprint density at radius 3 is 1.86 bits per heavy atom. The highest BCUT2D eigenvalue weighted by atomic mass is 15.3. The molecular formula is C26H52N2. The molecule has 2 rings (SSSR count).